The van der Waals surface area contributed by atoms with Crippen LogP contribution in [-0.4, -0.2) is 35.3 Å². The predicted molar refractivity (Wildman–Crippen MR) is 152 cm³/mol. The molecule has 0 radical (unpaired) electrons. The molecule has 40 heavy (non-hydrogen) atoms. The van der Waals surface area contributed by atoms with Gasteiger partial charge < -0.3 is 14.4 Å². The van der Waals surface area contributed by atoms with Crippen molar-refractivity contribution in [2.75, 3.05) is 24.8 Å². The number of fused-ring (bicyclic) bond motifs is 7. The second kappa shape index (κ2) is 10.1. The highest BCUT2D eigenvalue weighted by atomic mass is 16.5. The fraction of sp³-hybridized carbons (Fsp3) is 0.212. The van der Waals surface area contributed by atoms with Gasteiger partial charge in [-0.3, -0.25) is 19.3 Å². The summed E-state index contributed by atoms with van der Waals surface area (Å²) in [7, 11) is 0. The molecule has 4 aromatic rings. The molecule has 200 valence electrons. The van der Waals surface area contributed by atoms with Crippen molar-refractivity contribution in [3.8, 4) is 11.5 Å². The summed E-state index contributed by atoms with van der Waals surface area (Å²) in [6.45, 7) is 1.32. The van der Waals surface area contributed by atoms with Gasteiger partial charge in [-0.1, -0.05) is 72.8 Å². The van der Waals surface area contributed by atoms with Crippen molar-refractivity contribution in [1.82, 2.24) is 9.58 Å². The highest BCUT2D eigenvalue weighted by Gasteiger charge is 2.39. The summed E-state index contributed by atoms with van der Waals surface area (Å²) in [5, 5.41) is 2.17. The van der Waals surface area contributed by atoms with Crippen LogP contribution in [0.2, 0.25) is 0 Å². The maximum atomic E-state index is 14.0. The quantitative estimate of drug-likeness (QED) is 0.361. The van der Waals surface area contributed by atoms with Gasteiger partial charge in [0, 0.05) is 24.4 Å². The van der Waals surface area contributed by atoms with Crippen LogP contribution in [0.3, 0.4) is 0 Å². The zero-order valence-corrected chi connectivity index (χ0v) is 22.0. The van der Waals surface area contributed by atoms with E-state index in [0.29, 0.717) is 19.8 Å². The van der Waals surface area contributed by atoms with Crippen LogP contribution in [0.5, 0.6) is 11.5 Å². The van der Waals surface area contributed by atoms with Crippen LogP contribution in [0.4, 0.5) is 0 Å². The van der Waals surface area contributed by atoms with Crippen LogP contribution in [-0.2, 0) is 19.4 Å². The third-order valence-electron chi connectivity index (χ3n) is 7.91. The van der Waals surface area contributed by atoms with Crippen LogP contribution < -0.4 is 19.9 Å². The molecule has 2 aliphatic heterocycles. The first-order valence-corrected chi connectivity index (χ1v) is 13.6. The molecule has 7 heteroatoms. The molecule has 3 aliphatic rings. The van der Waals surface area contributed by atoms with Crippen LogP contribution >= 0.6 is 0 Å². The lowest BCUT2D eigenvalue weighted by molar-refractivity contribution is 0.0698. The van der Waals surface area contributed by atoms with E-state index in [4.69, 9.17) is 9.47 Å². The number of ether oxygens (including phenoxy) is 2. The van der Waals surface area contributed by atoms with Crippen molar-refractivity contribution in [3.05, 3.63) is 141 Å². The molecule has 0 N–H and O–H groups in total. The number of aromatic nitrogens is 1. The highest BCUT2D eigenvalue weighted by molar-refractivity contribution is 5.96. The van der Waals surface area contributed by atoms with E-state index in [1.54, 1.807) is 11.1 Å². The predicted octanol–water partition coefficient (Wildman–Crippen LogP) is 4.62. The molecule has 7 nitrogen and oxygen atoms in total. The minimum absolute atomic E-state index is 0.0663. The Bertz CT molecular complexity index is 1680. The second-order valence-electron chi connectivity index (χ2n) is 10.3. The molecular formula is C33H29N3O4. The standard InChI is InChI=1S/C33H29N3O4/c37-27-17-19-35-31(32(27)40-21-23-9-2-1-3-10-23)33(38)34-18-6-7-20-39-28-14-8-12-25-16-15-24-11-4-5-13-26(24)30(29(25)28)36(35)22-34/h1-14,17,19,30H,15-16,18,20-22H2/b7-6-. The Kier molecular flexibility index (Phi) is 6.11. The maximum absolute atomic E-state index is 14.0. The molecule has 3 heterocycles. The Morgan fingerprint density at radius 3 is 2.55 bits per heavy atom. The van der Waals surface area contributed by atoms with Gasteiger partial charge in [0.05, 0.1) is 0 Å². The molecule has 3 aromatic carbocycles. The van der Waals surface area contributed by atoms with Gasteiger partial charge in [0.15, 0.2) is 11.4 Å². The molecule has 0 saturated heterocycles. The number of rotatable bonds is 3. The summed E-state index contributed by atoms with van der Waals surface area (Å²) in [6, 6.07) is 25.6. The summed E-state index contributed by atoms with van der Waals surface area (Å²) in [6.07, 6.45) is 7.38. The number of nitrogens with zero attached hydrogens (tertiary/aromatic N) is 3. The van der Waals surface area contributed by atoms with Crippen LogP contribution in [0, 0.1) is 0 Å². The normalized spacial score (nSPS) is 18.3. The number of hydrogen-bond acceptors (Lipinski definition) is 5. The van der Waals surface area contributed by atoms with E-state index in [1.165, 1.54) is 17.2 Å². The highest BCUT2D eigenvalue weighted by Crippen LogP contribution is 2.42. The van der Waals surface area contributed by atoms with Gasteiger partial charge in [-0.15, -0.1) is 0 Å². The van der Waals surface area contributed by atoms with Gasteiger partial charge in [-0.2, -0.15) is 0 Å². The lowest BCUT2D eigenvalue weighted by Crippen LogP contribution is -2.55. The van der Waals surface area contributed by atoms with Gasteiger partial charge in [0.1, 0.15) is 31.7 Å². The molecule has 1 unspecified atom stereocenters. The summed E-state index contributed by atoms with van der Waals surface area (Å²) in [4.78, 5) is 29.0. The van der Waals surface area contributed by atoms with Crippen molar-refractivity contribution >= 4 is 5.91 Å². The summed E-state index contributed by atoms with van der Waals surface area (Å²) in [5.74, 6) is 0.658. The molecule has 1 atom stereocenters. The molecule has 1 aliphatic carbocycles. The molecular weight excluding hydrogens is 502 g/mol. The van der Waals surface area contributed by atoms with Crippen LogP contribution in [0.25, 0.3) is 0 Å². The minimum Gasteiger partial charge on any atom is -0.489 e. The number of amides is 1. The maximum Gasteiger partial charge on any atom is 0.278 e. The van der Waals surface area contributed by atoms with E-state index in [1.807, 2.05) is 53.2 Å². The smallest absolute Gasteiger partial charge is 0.278 e. The number of hydrogen-bond donors (Lipinski definition) is 0. The van der Waals surface area contributed by atoms with E-state index in [-0.39, 0.29) is 35.4 Å². The van der Waals surface area contributed by atoms with E-state index in [9.17, 15) is 9.59 Å². The Balaban J connectivity index is 1.45. The molecule has 0 saturated carbocycles. The summed E-state index contributed by atoms with van der Waals surface area (Å²) in [5.41, 5.74) is 5.57. The first-order valence-electron chi connectivity index (χ1n) is 13.6. The second-order valence-corrected chi connectivity index (χ2v) is 10.3. The van der Waals surface area contributed by atoms with Gasteiger partial charge >= 0.3 is 0 Å². The van der Waals surface area contributed by atoms with Crippen molar-refractivity contribution in [2.24, 2.45) is 0 Å². The fourth-order valence-corrected chi connectivity index (χ4v) is 6.01. The van der Waals surface area contributed by atoms with Crippen LogP contribution in [0.15, 0.2) is 102 Å². The number of carbonyl (C=O) groups excluding carboxylic acids is 1. The molecule has 2 bridgehead atoms. The summed E-state index contributed by atoms with van der Waals surface area (Å²) < 4.78 is 14.3. The average Bonchev–Trinajstić information content (AvgIpc) is 3.17. The van der Waals surface area contributed by atoms with Gasteiger partial charge in [-0.05, 0) is 47.2 Å². The number of carbonyl (C=O) groups is 1. The lowest BCUT2D eigenvalue weighted by atomic mass is 9.93. The summed E-state index contributed by atoms with van der Waals surface area (Å²) >= 11 is 0. The monoisotopic (exact) mass is 531 g/mol. The molecule has 0 spiro atoms. The minimum atomic E-state index is -0.317. The molecule has 1 aromatic heterocycles. The first kappa shape index (κ1) is 24.3. The lowest BCUT2D eigenvalue weighted by Gasteiger charge is -2.44. The number of aryl methyl sites for hydroxylation is 2. The first-order chi connectivity index (χ1) is 19.7. The molecule has 1 amide bonds. The third-order valence-corrected chi connectivity index (χ3v) is 7.91. The zero-order chi connectivity index (χ0) is 27.1. The van der Waals surface area contributed by atoms with Crippen LogP contribution in [0.1, 0.15) is 44.3 Å². The fourth-order valence-electron chi connectivity index (χ4n) is 6.01. The molecule has 7 rings (SSSR count). The van der Waals surface area contributed by atoms with E-state index >= 15 is 0 Å². The Hall–Kier alpha value is -4.78. The van der Waals surface area contributed by atoms with E-state index < -0.39 is 0 Å². The third kappa shape index (κ3) is 4.14. The number of benzene rings is 3. The van der Waals surface area contributed by atoms with E-state index in [0.717, 1.165) is 35.3 Å². The van der Waals surface area contributed by atoms with Crippen molar-refractivity contribution in [1.29, 1.82) is 0 Å². The SMILES string of the molecule is O=C1c2c(OCc3ccccc3)c(=O)ccn2N2CN1C/C=C\COc1cccc3c1C2c1ccccc1CC3. The average molecular weight is 532 g/mol. The Labute approximate surface area is 232 Å². The van der Waals surface area contributed by atoms with Gasteiger partial charge in [0.25, 0.3) is 5.91 Å². The van der Waals surface area contributed by atoms with Crippen molar-refractivity contribution < 1.29 is 14.3 Å². The van der Waals surface area contributed by atoms with Gasteiger partial charge in [-0.25, -0.2) is 0 Å². The van der Waals surface area contributed by atoms with Gasteiger partial charge in [0.2, 0.25) is 5.43 Å². The molecule has 0 fully saturated rings. The van der Waals surface area contributed by atoms with E-state index in [2.05, 4.69) is 41.4 Å². The largest absolute Gasteiger partial charge is 0.489 e. The topological polar surface area (TPSA) is 64.0 Å². The Morgan fingerprint density at radius 2 is 1.65 bits per heavy atom. The van der Waals surface area contributed by atoms with Crippen molar-refractivity contribution in [2.45, 2.75) is 25.5 Å². The van der Waals surface area contributed by atoms with Crippen molar-refractivity contribution in [3.63, 3.8) is 0 Å². The Morgan fingerprint density at radius 1 is 0.850 bits per heavy atom. The number of pyridine rings is 1. The zero-order valence-electron chi connectivity index (χ0n) is 22.0.